The number of hydrogen-bond acceptors (Lipinski definition) is 5. The summed E-state index contributed by atoms with van der Waals surface area (Å²) in [5.74, 6) is -0.540. The van der Waals surface area contributed by atoms with E-state index in [1.807, 2.05) is 6.92 Å². The number of nitrogens with two attached hydrogens (primary N) is 1. The van der Waals surface area contributed by atoms with Gasteiger partial charge in [-0.1, -0.05) is 6.92 Å². The van der Waals surface area contributed by atoms with Crippen LogP contribution in [0.5, 0.6) is 0 Å². The van der Waals surface area contributed by atoms with Gasteiger partial charge < -0.3 is 16.2 Å². The minimum Gasteiger partial charge on any atom is -0.394 e. The minimum absolute atomic E-state index is 0.0898. The Labute approximate surface area is 96.1 Å². The highest BCUT2D eigenvalue weighted by molar-refractivity contribution is 7.90. The van der Waals surface area contributed by atoms with E-state index in [1.54, 1.807) is 0 Å². The van der Waals surface area contributed by atoms with Crippen LogP contribution in [0.25, 0.3) is 0 Å². The Morgan fingerprint density at radius 3 is 2.44 bits per heavy atom. The van der Waals surface area contributed by atoms with Crippen LogP contribution in [0, 0.1) is 0 Å². The molecule has 0 heterocycles. The van der Waals surface area contributed by atoms with Crippen LogP contribution in [-0.2, 0) is 14.6 Å². The summed E-state index contributed by atoms with van der Waals surface area (Å²) in [6.45, 7) is 1.67. The Kier molecular flexibility index (Phi) is 6.54. The van der Waals surface area contributed by atoms with Gasteiger partial charge in [0.1, 0.15) is 9.84 Å². The predicted octanol–water partition coefficient (Wildman–Crippen LogP) is -1.36. The third-order valence-electron chi connectivity index (χ3n) is 2.20. The molecule has 0 aliphatic rings. The molecule has 4 N–H and O–H groups in total. The summed E-state index contributed by atoms with van der Waals surface area (Å²) >= 11 is 0. The third kappa shape index (κ3) is 6.76. The maximum atomic E-state index is 11.4. The zero-order valence-corrected chi connectivity index (χ0v) is 10.5. The van der Waals surface area contributed by atoms with Crippen molar-refractivity contribution < 1.29 is 18.3 Å². The van der Waals surface area contributed by atoms with Crippen LogP contribution in [0.2, 0.25) is 0 Å². The normalized spacial score (nSPS) is 15.5. The van der Waals surface area contributed by atoms with E-state index in [-0.39, 0.29) is 24.8 Å². The largest absolute Gasteiger partial charge is 0.394 e. The monoisotopic (exact) mass is 252 g/mol. The molecule has 0 aliphatic carbocycles. The van der Waals surface area contributed by atoms with Crippen LogP contribution in [0.4, 0.5) is 0 Å². The number of amides is 1. The number of hydrogen-bond donors (Lipinski definition) is 3. The zero-order chi connectivity index (χ0) is 12.8. The molecular formula is C9H20N2O4S. The van der Waals surface area contributed by atoms with Crippen LogP contribution in [0.3, 0.4) is 0 Å². The number of aliphatic hydroxyl groups excluding tert-OH is 1. The summed E-state index contributed by atoms with van der Waals surface area (Å²) in [5, 5.41) is 11.4. The lowest BCUT2D eigenvalue weighted by Crippen LogP contribution is -2.47. The SMILES string of the molecule is CC[C@@H](CO)NC(=O)C(N)CCS(C)(=O)=O. The second-order valence-electron chi connectivity index (χ2n) is 3.82. The quantitative estimate of drug-likeness (QED) is 0.518. The summed E-state index contributed by atoms with van der Waals surface area (Å²) in [7, 11) is -3.10. The van der Waals surface area contributed by atoms with Crippen LogP contribution in [-0.4, -0.2) is 50.1 Å². The van der Waals surface area contributed by atoms with E-state index in [1.165, 1.54) is 0 Å². The standard InChI is InChI=1S/C9H20N2O4S/c1-3-7(6-12)11-9(13)8(10)4-5-16(2,14)15/h7-8,12H,3-6,10H2,1-2H3,(H,11,13)/t7-,8?/m0/s1. The molecule has 1 unspecified atom stereocenters. The molecule has 96 valence electrons. The average molecular weight is 252 g/mol. The maximum Gasteiger partial charge on any atom is 0.237 e. The van der Waals surface area contributed by atoms with E-state index >= 15 is 0 Å². The van der Waals surface area contributed by atoms with Gasteiger partial charge in [0.15, 0.2) is 0 Å². The average Bonchev–Trinajstić information content (AvgIpc) is 2.20. The molecule has 0 aliphatic heterocycles. The van der Waals surface area contributed by atoms with E-state index in [2.05, 4.69) is 5.32 Å². The smallest absolute Gasteiger partial charge is 0.237 e. The molecule has 16 heavy (non-hydrogen) atoms. The van der Waals surface area contributed by atoms with Gasteiger partial charge in [0.25, 0.3) is 0 Å². The fourth-order valence-corrected chi connectivity index (χ4v) is 1.74. The summed E-state index contributed by atoms with van der Waals surface area (Å²) in [6.07, 6.45) is 1.79. The summed E-state index contributed by atoms with van der Waals surface area (Å²) in [6, 6.07) is -1.17. The summed E-state index contributed by atoms with van der Waals surface area (Å²) in [4.78, 5) is 11.4. The van der Waals surface area contributed by atoms with Crippen molar-refractivity contribution in [1.29, 1.82) is 0 Å². The molecule has 6 nitrogen and oxygen atoms in total. The number of aliphatic hydroxyl groups is 1. The molecule has 0 saturated carbocycles. The van der Waals surface area contributed by atoms with Gasteiger partial charge in [-0.05, 0) is 12.8 Å². The molecule has 0 bridgehead atoms. The fraction of sp³-hybridized carbons (Fsp3) is 0.889. The lowest BCUT2D eigenvalue weighted by molar-refractivity contribution is -0.123. The van der Waals surface area contributed by atoms with Gasteiger partial charge in [-0.3, -0.25) is 4.79 Å². The van der Waals surface area contributed by atoms with Gasteiger partial charge in [0, 0.05) is 6.26 Å². The lowest BCUT2D eigenvalue weighted by Gasteiger charge is -2.17. The molecule has 1 amide bonds. The first-order chi connectivity index (χ1) is 7.30. The van der Waals surface area contributed by atoms with E-state index < -0.39 is 21.8 Å². The van der Waals surface area contributed by atoms with Crippen molar-refractivity contribution in [2.45, 2.75) is 31.8 Å². The Bertz CT molecular complexity index is 311. The minimum atomic E-state index is -3.10. The van der Waals surface area contributed by atoms with Crippen LogP contribution in [0.1, 0.15) is 19.8 Å². The fourth-order valence-electron chi connectivity index (χ4n) is 1.06. The Morgan fingerprint density at radius 1 is 1.50 bits per heavy atom. The highest BCUT2D eigenvalue weighted by Gasteiger charge is 2.18. The van der Waals surface area contributed by atoms with E-state index in [4.69, 9.17) is 10.8 Å². The molecule has 0 aromatic rings. The second kappa shape index (κ2) is 6.82. The van der Waals surface area contributed by atoms with Crippen LogP contribution in [0.15, 0.2) is 0 Å². The first kappa shape index (κ1) is 15.3. The molecule has 0 fully saturated rings. The van der Waals surface area contributed by atoms with Crippen molar-refractivity contribution in [3.05, 3.63) is 0 Å². The summed E-state index contributed by atoms with van der Waals surface area (Å²) in [5.41, 5.74) is 5.52. The van der Waals surface area contributed by atoms with Gasteiger partial charge in [-0.2, -0.15) is 0 Å². The van der Waals surface area contributed by atoms with Gasteiger partial charge in [0.2, 0.25) is 5.91 Å². The molecule has 2 atom stereocenters. The van der Waals surface area contributed by atoms with Gasteiger partial charge >= 0.3 is 0 Å². The van der Waals surface area contributed by atoms with E-state index in [9.17, 15) is 13.2 Å². The molecule has 0 spiro atoms. The van der Waals surface area contributed by atoms with Crippen molar-refractivity contribution in [2.75, 3.05) is 18.6 Å². The molecule has 7 heteroatoms. The van der Waals surface area contributed by atoms with Crippen molar-refractivity contribution >= 4 is 15.7 Å². The Hall–Kier alpha value is -0.660. The first-order valence-corrected chi connectivity index (χ1v) is 7.20. The van der Waals surface area contributed by atoms with E-state index in [0.29, 0.717) is 6.42 Å². The Balaban J connectivity index is 4.09. The van der Waals surface area contributed by atoms with Gasteiger partial charge in [-0.15, -0.1) is 0 Å². The van der Waals surface area contributed by atoms with Crippen molar-refractivity contribution in [2.24, 2.45) is 5.73 Å². The van der Waals surface area contributed by atoms with Crippen molar-refractivity contribution in [3.8, 4) is 0 Å². The molecule has 0 rings (SSSR count). The number of sulfone groups is 1. The number of rotatable bonds is 7. The molecule has 0 aromatic heterocycles. The summed E-state index contributed by atoms with van der Waals surface area (Å²) < 4.78 is 21.7. The van der Waals surface area contributed by atoms with Crippen molar-refractivity contribution in [3.63, 3.8) is 0 Å². The Morgan fingerprint density at radius 2 is 2.06 bits per heavy atom. The third-order valence-corrected chi connectivity index (χ3v) is 3.17. The molecule has 0 aromatic carbocycles. The highest BCUT2D eigenvalue weighted by Crippen LogP contribution is 1.96. The van der Waals surface area contributed by atoms with E-state index in [0.717, 1.165) is 6.26 Å². The zero-order valence-electron chi connectivity index (χ0n) is 9.64. The molecule has 0 saturated heterocycles. The second-order valence-corrected chi connectivity index (χ2v) is 6.08. The number of carbonyl (C=O) groups is 1. The van der Waals surface area contributed by atoms with Crippen LogP contribution >= 0.6 is 0 Å². The van der Waals surface area contributed by atoms with Gasteiger partial charge in [0.05, 0.1) is 24.4 Å². The molecular weight excluding hydrogens is 232 g/mol. The number of carbonyl (C=O) groups excluding carboxylic acids is 1. The topological polar surface area (TPSA) is 109 Å². The van der Waals surface area contributed by atoms with Crippen LogP contribution < -0.4 is 11.1 Å². The first-order valence-electron chi connectivity index (χ1n) is 5.14. The molecule has 0 radical (unpaired) electrons. The maximum absolute atomic E-state index is 11.4. The number of nitrogens with one attached hydrogen (secondary N) is 1. The van der Waals surface area contributed by atoms with Gasteiger partial charge in [-0.25, -0.2) is 8.42 Å². The lowest BCUT2D eigenvalue weighted by atomic mass is 10.2. The predicted molar refractivity (Wildman–Crippen MR) is 61.6 cm³/mol. The van der Waals surface area contributed by atoms with Crippen molar-refractivity contribution in [1.82, 2.24) is 5.32 Å². The highest BCUT2D eigenvalue weighted by atomic mass is 32.2.